The summed E-state index contributed by atoms with van der Waals surface area (Å²) >= 11 is 1.56. The van der Waals surface area contributed by atoms with Crippen LogP contribution in [-0.4, -0.2) is 52.5 Å². The van der Waals surface area contributed by atoms with Crippen LogP contribution in [0.15, 0.2) is 51.7 Å². The predicted molar refractivity (Wildman–Crippen MR) is 102 cm³/mol. The normalized spacial score (nSPS) is 21.5. The van der Waals surface area contributed by atoms with Gasteiger partial charge >= 0.3 is 0 Å². The maximum absolute atomic E-state index is 12.5. The highest BCUT2D eigenvalue weighted by Crippen LogP contribution is 2.47. The number of carbonyl (C=O) groups is 1. The van der Waals surface area contributed by atoms with Crippen LogP contribution in [0.25, 0.3) is 11.5 Å². The first-order chi connectivity index (χ1) is 13.1. The standard InChI is InChI=1S/C20H20N4O2S/c1-23-11-20(12-24(13-20)19(25)15-7-8-27-10-15)9-16(23)17-21-18(26-22-17)14-5-3-2-4-6-14/h2-8,10,16H,9,11-13H2,1H3. The van der Waals surface area contributed by atoms with Crippen LogP contribution in [0.3, 0.4) is 0 Å². The molecule has 2 fully saturated rings. The zero-order valence-corrected chi connectivity index (χ0v) is 15.9. The van der Waals surface area contributed by atoms with E-state index in [1.807, 2.05) is 52.1 Å². The highest BCUT2D eigenvalue weighted by Gasteiger charge is 2.53. The molecule has 1 aromatic carbocycles. The zero-order chi connectivity index (χ0) is 18.4. The summed E-state index contributed by atoms with van der Waals surface area (Å²) in [5, 5.41) is 8.10. The van der Waals surface area contributed by atoms with Gasteiger partial charge in [-0.3, -0.25) is 9.69 Å². The molecule has 4 heterocycles. The van der Waals surface area contributed by atoms with Gasteiger partial charge in [0.1, 0.15) is 0 Å². The average Bonchev–Trinajstić information content (AvgIpc) is 3.40. The minimum atomic E-state index is 0.129. The molecule has 27 heavy (non-hydrogen) atoms. The first kappa shape index (κ1) is 16.6. The van der Waals surface area contributed by atoms with Gasteiger partial charge in [-0.2, -0.15) is 16.3 Å². The molecule has 1 amide bonds. The molecule has 138 valence electrons. The van der Waals surface area contributed by atoms with Gasteiger partial charge in [0, 0.05) is 36.0 Å². The van der Waals surface area contributed by atoms with E-state index in [0.717, 1.165) is 43.0 Å². The van der Waals surface area contributed by atoms with Crippen molar-refractivity contribution in [3.63, 3.8) is 0 Å². The predicted octanol–water partition coefficient (Wildman–Crippen LogP) is 3.32. The number of hydrogen-bond acceptors (Lipinski definition) is 6. The Morgan fingerprint density at radius 1 is 1.22 bits per heavy atom. The molecule has 3 aromatic rings. The fourth-order valence-electron chi connectivity index (χ4n) is 4.33. The maximum Gasteiger partial charge on any atom is 0.257 e. The number of benzene rings is 1. The number of rotatable bonds is 3. The van der Waals surface area contributed by atoms with Crippen molar-refractivity contribution in [1.82, 2.24) is 19.9 Å². The number of aromatic nitrogens is 2. The van der Waals surface area contributed by atoms with Crippen molar-refractivity contribution >= 4 is 17.2 Å². The molecule has 2 aliphatic heterocycles. The third kappa shape index (κ3) is 2.87. The van der Waals surface area contributed by atoms with Crippen molar-refractivity contribution in [2.24, 2.45) is 5.41 Å². The molecule has 1 atom stereocenters. The summed E-state index contributed by atoms with van der Waals surface area (Å²) < 4.78 is 5.49. The van der Waals surface area contributed by atoms with Gasteiger partial charge in [0.2, 0.25) is 0 Å². The minimum absolute atomic E-state index is 0.129. The molecule has 2 aromatic heterocycles. The number of nitrogens with zero attached hydrogens (tertiary/aromatic N) is 4. The van der Waals surface area contributed by atoms with Gasteiger partial charge in [0.15, 0.2) is 5.82 Å². The molecule has 7 heteroatoms. The second-order valence-electron chi connectivity index (χ2n) is 7.63. The minimum Gasteiger partial charge on any atom is -0.337 e. The summed E-state index contributed by atoms with van der Waals surface area (Å²) in [7, 11) is 2.10. The Balaban J connectivity index is 1.29. The number of likely N-dealkylation sites (tertiary alicyclic amines) is 2. The average molecular weight is 380 g/mol. The van der Waals surface area contributed by atoms with E-state index in [9.17, 15) is 4.79 Å². The number of carbonyl (C=O) groups excluding carboxylic acids is 1. The van der Waals surface area contributed by atoms with Crippen LogP contribution in [0.1, 0.15) is 28.6 Å². The molecule has 5 rings (SSSR count). The zero-order valence-electron chi connectivity index (χ0n) is 15.0. The van der Waals surface area contributed by atoms with E-state index in [1.54, 1.807) is 11.3 Å². The Bertz CT molecular complexity index is 948. The van der Waals surface area contributed by atoms with E-state index in [1.165, 1.54) is 0 Å². The molecule has 6 nitrogen and oxygen atoms in total. The van der Waals surface area contributed by atoms with Crippen molar-refractivity contribution < 1.29 is 9.32 Å². The summed E-state index contributed by atoms with van der Waals surface area (Å²) in [5.74, 6) is 1.43. The molecule has 1 spiro atoms. The van der Waals surface area contributed by atoms with Gasteiger partial charge in [0.25, 0.3) is 11.8 Å². The molecule has 0 radical (unpaired) electrons. The number of thiophene rings is 1. The van der Waals surface area contributed by atoms with E-state index < -0.39 is 0 Å². The summed E-state index contributed by atoms with van der Waals surface area (Å²) in [6.07, 6.45) is 0.949. The lowest BCUT2D eigenvalue weighted by atomic mass is 9.77. The topological polar surface area (TPSA) is 62.5 Å². The van der Waals surface area contributed by atoms with Crippen LogP contribution in [0, 0.1) is 5.41 Å². The SMILES string of the molecule is CN1CC2(CC1c1noc(-c3ccccc3)n1)CN(C(=O)c1ccsc1)C2. The van der Waals surface area contributed by atoms with Gasteiger partial charge < -0.3 is 9.42 Å². The highest BCUT2D eigenvalue weighted by atomic mass is 32.1. The fraction of sp³-hybridized carbons (Fsp3) is 0.350. The van der Waals surface area contributed by atoms with E-state index in [0.29, 0.717) is 5.89 Å². The van der Waals surface area contributed by atoms with Crippen molar-refractivity contribution in [3.8, 4) is 11.5 Å². The Hall–Kier alpha value is -2.51. The molecular formula is C20H20N4O2S. The van der Waals surface area contributed by atoms with Gasteiger partial charge in [-0.25, -0.2) is 0 Å². The lowest BCUT2D eigenvalue weighted by Gasteiger charge is -2.48. The maximum atomic E-state index is 12.5. The van der Waals surface area contributed by atoms with E-state index in [4.69, 9.17) is 4.52 Å². The third-order valence-electron chi connectivity index (χ3n) is 5.61. The van der Waals surface area contributed by atoms with Gasteiger partial charge in [-0.05, 0) is 37.0 Å². The molecular weight excluding hydrogens is 360 g/mol. The highest BCUT2D eigenvalue weighted by molar-refractivity contribution is 7.08. The third-order valence-corrected chi connectivity index (χ3v) is 6.29. The van der Waals surface area contributed by atoms with Crippen molar-refractivity contribution in [1.29, 1.82) is 0 Å². The summed E-state index contributed by atoms with van der Waals surface area (Å²) in [5.41, 5.74) is 1.87. The summed E-state index contributed by atoms with van der Waals surface area (Å²) in [6, 6.07) is 11.9. The van der Waals surface area contributed by atoms with Crippen LogP contribution in [-0.2, 0) is 0 Å². The van der Waals surface area contributed by atoms with Crippen LogP contribution in [0.5, 0.6) is 0 Å². The van der Waals surface area contributed by atoms with Crippen LogP contribution in [0.4, 0.5) is 0 Å². The largest absolute Gasteiger partial charge is 0.337 e. The van der Waals surface area contributed by atoms with Gasteiger partial charge in [-0.15, -0.1) is 0 Å². The van der Waals surface area contributed by atoms with Gasteiger partial charge in [0.05, 0.1) is 11.6 Å². The fourth-order valence-corrected chi connectivity index (χ4v) is 4.96. The smallest absolute Gasteiger partial charge is 0.257 e. The molecule has 2 saturated heterocycles. The van der Waals surface area contributed by atoms with E-state index in [2.05, 4.69) is 22.1 Å². The Labute approximate surface area is 161 Å². The molecule has 1 unspecified atom stereocenters. The summed E-state index contributed by atoms with van der Waals surface area (Å²) in [4.78, 5) is 21.4. The van der Waals surface area contributed by atoms with E-state index in [-0.39, 0.29) is 17.4 Å². The van der Waals surface area contributed by atoms with Crippen LogP contribution >= 0.6 is 11.3 Å². The molecule has 2 aliphatic rings. The monoisotopic (exact) mass is 380 g/mol. The second kappa shape index (κ2) is 6.28. The van der Waals surface area contributed by atoms with Crippen LogP contribution in [0.2, 0.25) is 0 Å². The molecule has 0 N–H and O–H groups in total. The number of hydrogen-bond donors (Lipinski definition) is 0. The van der Waals surface area contributed by atoms with Crippen molar-refractivity contribution in [2.45, 2.75) is 12.5 Å². The van der Waals surface area contributed by atoms with Gasteiger partial charge in [-0.1, -0.05) is 23.4 Å². The molecule has 0 bridgehead atoms. The first-order valence-corrected chi connectivity index (χ1v) is 9.99. The van der Waals surface area contributed by atoms with Crippen LogP contribution < -0.4 is 0 Å². The summed E-state index contributed by atoms with van der Waals surface area (Å²) in [6.45, 7) is 2.54. The lowest BCUT2D eigenvalue weighted by molar-refractivity contribution is 0.0116. The molecule has 0 saturated carbocycles. The second-order valence-corrected chi connectivity index (χ2v) is 8.41. The van der Waals surface area contributed by atoms with Crippen molar-refractivity contribution in [2.75, 3.05) is 26.7 Å². The Morgan fingerprint density at radius 2 is 2.04 bits per heavy atom. The Morgan fingerprint density at radius 3 is 2.78 bits per heavy atom. The quantitative estimate of drug-likeness (QED) is 0.698. The van der Waals surface area contributed by atoms with Crippen molar-refractivity contribution in [3.05, 3.63) is 58.5 Å². The molecule has 0 aliphatic carbocycles. The lowest BCUT2D eigenvalue weighted by Crippen LogP contribution is -2.59. The Kier molecular flexibility index (Phi) is 3.87. The van der Waals surface area contributed by atoms with E-state index >= 15 is 0 Å². The first-order valence-electron chi connectivity index (χ1n) is 9.04. The number of amides is 1.